The van der Waals surface area contributed by atoms with Gasteiger partial charge in [-0.25, -0.2) is 0 Å². The van der Waals surface area contributed by atoms with Crippen LogP contribution in [0.1, 0.15) is 25.5 Å². The molecule has 2 saturated heterocycles. The van der Waals surface area contributed by atoms with Crippen LogP contribution in [0.5, 0.6) is 0 Å². The number of hydrogen-bond acceptors (Lipinski definition) is 3. The molecule has 2 heterocycles. The average molecular weight is 219 g/mol. The number of hydrogen-bond donors (Lipinski definition) is 1. The van der Waals surface area contributed by atoms with Gasteiger partial charge in [0, 0.05) is 6.54 Å². The lowest BCUT2D eigenvalue weighted by atomic mass is 10.0. The third-order valence-electron chi connectivity index (χ3n) is 3.25. The first-order valence-corrected chi connectivity index (χ1v) is 5.80. The highest BCUT2D eigenvalue weighted by Crippen LogP contribution is 2.38. The van der Waals surface area contributed by atoms with Gasteiger partial charge in [0.05, 0.1) is 6.04 Å². The summed E-state index contributed by atoms with van der Waals surface area (Å²) in [5.41, 5.74) is 1.27. The van der Waals surface area contributed by atoms with Crippen molar-refractivity contribution in [2.24, 2.45) is 0 Å². The summed E-state index contributed by atoms with van der Waals surface area (Å²) < 4.78 is 11.8. The minimum absolute atomic E-state index is 0.136. The van der Waals surface area contributed by atoms with Gasteiger partial charge >= 0.3 is 0 Å². The van der Waals surface area contributed by atoms with Crippen molar-refractivity contribution in [1.82, 2.24) is 5.32 Å². The molecule has 2 aliphatic heterocycles. The van der Waals surface area contributed by atoms with Gasteiger partial charge < -0.3 is 14.8 Å². The maximum absolute atomic E-state index is 5.96. The highest BCUT2D eigenvalue weighted by molar-refractivity contribution is 5.23. The Morgan fingerprint density at radius 3 is 2.69 bits per heavy atom. The second-order valence-electron chi connectivity index (χ2n) is 4.94. The summed E-state index contributed by atoms with van der Waals surface area (Å²) in [5, 5.41) is 3.46. The molecule has 3 nitrogen and oxygen atoms in total. The number of benzene rings is 1. The van der Waals surface area contributed by atoms with Crippen molar-refractivity contribution in [2.75, 3.05) is 6.54 Å². The zero-order valence-corrected chi connectivity index (χ0v) is 9.64. The van der Waals surface area contributed by atoms with Crippen molar-refractivity contribution in [3.63, 3.8) is 0 Å². The number of ether oxygens (including phenoxy) is 2. The molecule has 0 bridgehead atoms. The van der Waals surface area contributed by atoms with E-state index in [0.717, 1.165) is 6.54 Å². The van der Waals surface area contributed by atoms with Crippen molar-refractivity contribution >= 4 is 0 Å². The third-order valence-corrected chi connectivity index (χ3v) is 3.25. The van der Waals surface area contributed by atoms with E-state index in [1.807, 2.05) is 19.9 Å². The largest absolute Gasteiger partial charge is 0.343 e. The summed E-state index contributed by atoms with van der Waals surface area (Å²) in [4.78, 5) is 0. The maximum Gasteiger partial charge on any atom is 0.163 e. The van der Waals surface area contributed by atoms with Gasteiger partial charge in [-0.1, -0.05) is 30.3 Å². The van der Waals surface area contributed by atoms with Crippen molar-refractivity contribution in [3.05, 3.63) is 35.9 Å². The second-order valence-corrected chi connectivity index (χ2v) is 4.94. The lowest BCUT2D eigenvalue weighted by Gasteiger charge is -2.22. The van der Waals surface area contributed by atoms with Gasteiger partial charge in [-0.2, -0.15) is 0 Å². The predicted molar refractivity (Wildman–Crippen MR) is 61.0 cm³/mol. The standard InChI is InChI=1S/C13H17NO2/c1-13(2)15-10-8-14-11(12(10)16-13)9-6-4-3-5-7-9/h3-7,10-12,14H,8H2,1-2H3/t10-,11+,12-/m1/s1. The van der Waals surface area contributed by atoms with Gasteiger partial charge in [0.1, 0.15) is 12.2 Å². The summed E-state index contributed by atoms with van der Waals surface area (Å²) in [5.74, 6) is -0.440. The fourth-order valence-electron chi connectivity index (χ4n) is 2.63. The van der Waals surface area contributed by atoms with E-state index in [4.69, 9.17) is 9.47 Å². The first kappa shape index (κ1) is 10.3. The molecular formula is C13H17NO2. The molecule has 0 saturated carbocycles. The second kappa shape index (κ2) is 3.55. The van der Waals surface area contributed by atoms with E-state index in [-0.39, 0.29) is 18.2 Å². The molecule has 86 valence electrons. The molecule has 0 unspecified atom stereocenters. The summed E-state index contributed by atoms with van der Waals surface area (Å²) in [7, 11) is 0. The predicted octanol–water partition coefficient (Wildman–Crippen LogP) is 1.85. The first-order valence-electron chi connectivity index (χ1n) is 5.80. The van der Waals surface area contributed by atoms with E-state index in [0.29, 0.717) is 0 Å². The van der Waals surface area contributed by atoms with Crippen LogP contribution in [-0.2, 0) is 9.47 Å². The van der Waals surface area contributed by atoms with E-state index >= 15 is 0 Å². The van der Waals surface area contributed by atoms with Crippen molar-refractivity contribution in [2.45, 2.75) is 37.9 Å². The van der Waals surface area contributed by atoms with Crippen LogP contribution in [0.2, 0.25) is 0 Å². The molecule has 1 aromatic carbocycles. The molecule has 0 aliphatic carbocycles. The van der Waals surface area contributed by atoms with E-state index in [9.17, 15) is 0 Å². The molecule has 2 aliphatic rings. The first-order chi connectivity index (χ1) is 7.66. The van der Waals surface area contributed by atoms with Gasteiger partial charge in [0.15, 0.2) is 5.79 Å². The van der Waals surface area contributed by atoms with Crippen LogP contribution < -0.4 is 5.32 Å². The smallest absolute Gasteiger partial charge is 0.163 e. The molecule has 3 atom stereocenters. The van der Waals surface area contributed by atoms with E-state index in [1.54, 1.807) is 0 Å². The van der Waals surface area contributed by atoms with Crippen LogP contribution in [0.25, 0.3) is 0 Å². The van der Waals surface area contributed by atoms with Crippen molar-refractivity contribution in [3.8, 4) is 0 Å². The maximum atomic E-state index is 5.96. The van der Waals surface area contributed by atoms with Crippen LogP contribution in [0.3, 0.4) is 0 Å². The average Bonchev–Trinajstić information content (AvgIpc) is 2.74. The third kappa shape index (κ3) is 1.65. The Bertz CT molecular complexity index is 377. The van der Waals surface area contributed by atoms with Gasteiger partial charge in [-0.3, -0.25) is 0 Å². The van der Waals surface area contributed by atoms with Gasteiger partial charge in [-0.05, 0) is 19.4 Å². The van der Waals surface area contributed by atoms with Crippen LogP contribution in [0.15, 0.2) is 30.3 Å². The summed E-state index contributed by atoms with van der Waals surface area (Å²) in [6.07, 6.45) is 0.317. The van der Waals surface area contributed by atoms with Gasteiger partial charge in [-0.15, -0.1) is 0 Å². The van der Waals surface area contributed by atoms with Crippen molar-refractivity contribution in [1.29, 1.82) is 0 Å². The molecule has 16 heavy (non-hydrogen) atoms. The molecule has 0 aromatic heterocycles. The van der Waals surface area contributed by atoms with E-state index in [1.165, 1.54) is 5.56 Å². The Labute approximate surface area is 95.8 Å². The lowest BCUT2D eigenvalue weighted by molar-refractivity contribution is -0.153. The van der Waals surface area contributed by atoms with E-state index in [2.05, 4.69) is 29.6 Å². The topological polar surface area (TPSA) is 30.5 Å². The molecule has 0 spiro atoms. The quantitative estimate of drug-likeness (QED) is 0.782. The molecule has 1 N–H and O–H groups in total. The Balaban J connectivity index is 1.84. The van der Waals surface area contributed by atoms with Crippen LogP contribution in [-0.4, -0.2) is 24.5 Å². The number of nitrogens with one attached hydrogen (secondary N) is 1. The van der Waals surface area contributed by atoms with Crippen LogP contribution in [0.4, 0.5) is 0 Å². The zero-order valence-electron chi connectivity index (χ0n) is 9.64. The summed E-state index contributed by atoms with van der Waals surface area (Å²) in [6, 6.07) is 10.7. The number of rotatable bonds is 1. The van der Waals surface area contributed by atoms with Crippen LogP contribution >= 0.6 is 0 Å². The van der Waals surface area contributed by atoms with E-state index < -0.39 is 5.79 Å². The Morgan fingerprint density at radius 2 is 1.94 bits per heavy atom. The highest BCUT2D eigenvalue weighted by atomic mass is 16.8. The normalized spacial score (nSPS) is 36.2. The monoisotopic (exact) mass is 219 g/mol. The lowest BCUT2D eigenvalue weighted by Crippen LogP contribution is -2.29. The minimum Gasteiger partial charge on any atom is -0.343 e. The fraction of sp³-hybridized carbons (Fsp3) is 0.538. The molecule has 3 heteroatoms. The molecule has 1 aromatic rings. The number of fused-ring (bicyclic) bond motifs is 1. The van der Waals surface area contributed by atoms with Gasteiger partial charge in [0.2, 0.25) is 0 Å². The zero-order chi connectivity index (χ0) is 11.2. The summed E-state index contributed by atoms with van der Waals surface area (Å²) in [6.45, 7) is 4.83. The Morgan fingerprint density at radius 1 is 1.19 bits per heavy atom. The molecule has 2 fully saturated rings. The van der Waals surface area contributed by atoms with Gasteiger partial charge in [0.25, 0.3) is 0 Å². The fourth-order valence-corrected chi connectivity index (χ4v) is 2.63. The minimum atomic E-state index is -0.440. The molecule has 0 radical (unpaired) electrons. The highest BCUT2D eigenvalue weighted by Gasteiger charge is 2.49. The van der Waals surface area contributed by atoms with Crippen LogP contribution in [0, 0.1) is 0 Å². The molecule has 3 rings (SSSR count). The molecule has 0 amide bonds. The Kier molecular flexibility index (Phi) is 2.28. The molecular weight excluding hydrogens is 202 g/mol. The summed E-state index contributed by atoms with van der Waals surface area (Å²) >= 11 is 0. The SMILES string of the molecule is CC1(C)O[C@@H]2[C@@H](CN[C@H]2c2ccccc2)O1. The van der Waals surface area contributed by atoms with Crippen molar-refractivity contribution < 1.29 is 9.47 Å². The Hall–Kier alpha value is -0.900.